The second-order valence-corrected chi connectivity index (χ2v) is 9.76. The van der Waals surface area contributed by atoms with Crippen LogP contribution in [0.5, 0.6) is 23.0 Å². The van der Waals surface area contributed by atoms with Crippen LogP contribution in [0.15, 0.2) is 29.2 Å². The lowest BCUT2D eigenvalue weighted by Crippen LogP contribution is -2.15. The summed E-state index contributed by atoms with van der Waals surface area (Å²) in [6, 6.07) is 7.18. The van der Waals surface area contributed by atoms with Crippen LogP contribution in [-0.2, 0) is 21.0 Å². The molecule has 182 valence electrons. The predicted molar refractivity (Wildman–Crippen MR) is 121 cm³/mol. The SMILES string of the molecule is COc1cc([C@H]2CC[C@H](c3cc(OC)c(OC)c(OC)c3)O2)cc(S(C)(=O)=O)c1CCNO. The average Bonchev–Trinajstić information content (AvgIpc) is 3.30. The molecule has 1 aliphatic heterocycles. The topological polar surface area (TPSA) is 113 Å². The first-order valence-electron chi connectivity index (χ1n) is 10.5. The molecule has 1 heterocycles. The van der Waals surface area contributed by atoms with Gasteiger partial charge in [0.1, 0.15) is 5.75 Å². The largest absolute Gasteiger partial charge is 0.496 e. The summed E-state index contributed by atoms with van der Waals surface area (Å²) in [6.07, 6.45) is 2.35. The van der Waals surface area contributed by atoms with E-state index in [9.17, 15) is 8.42 Å². The molecule has 2 aromatic rings. The fourth-order valence-electron chi connectivity index (χ4n) is 4.18. The molecule has 9 nitrogen and oxygen atoms in total. The molecule has 0 radical (unpaired) electrons. The van der Waals surface area contributed by atoms with E-state index in [0.29, 0.717) is 41.4 Å². The van der Waals surface area contributed by atoms with Gasteiger partial charge in [0, 0.05) is 18.4 Å². The van der Waals surface area contributed by atoms with Crippen molar-refractivity contribution in [2.45, 2.75) is 36.4 Å². The number of ether oxygens (including phenoxy) is 5. The Morgan fingerprint density at radius 1 is 0.909 bits per heavy atom. The third-order valence-electron chi connectivity index (χ3n) is 5.75. The average molecular weight is 482 g/mol. The van der Waals surface area contributed by atoms with Crippen molar-refractivity contribution >= 4 is 9.84 Å². The Morgan fingerprint density at radius 2 is 1.42 bits per heavy atom. The van der Waals surface area contributed by atoms with E-state index in [2.05, 4.69) is 5.48 Å². The van der Waals surface area contributed by atoms with E-state index in [1.54, 1.807) is 27.4 Å². The smallest absolute Gasteiger partial charge is 0.203 e. The fourth-order valence-corrected chi connectivity index (χ4v) is 5.18. The van der Waals surface area contributed by atoms with E-state index in [-0.39, 0.29) is 23.6 Å². The van der Waals surface area contributed by atoms with E-state index < -0.39 is 9.84 Å². The van der Waals surface area contributed by atoms with E-state index in [1.165, 1.54) is 7.11 Å². The Labute approximate surface area is 194 Å². The lowest BCUT2D eigenvalue weighted by molar-refractivity contribution is 0.0435. The van der Waals surface area contributed by atoms with Crippen molar-refractivity contribution in [1.29, 1.82) is 0 Å². The first-order valence-corrected chi connectivity index (χ1v) is 12.4. The van der Waals surface area contributed by atoms with E-state index in [4.69, 9.17) is 28.9 Å². The zero-order valence-corrected chi connectivity index (χ0v) is 20.3. The van der Waals surface area contributed by atoms with Gasteiger partial charge in [-0.3, -0.25) is 0 Å². The van der Waals surface area contributed by atoms with Crippen LogP contribution in [0.3, 0.4) is 0 Å². The molecule has 10 heteroatoms. The van der Waals surface area contributed by atoms with Gasteiger partial charge in [0.25, 0.3) is 0 Å². The van der Waals surface area contributed by atoms with Gasteiger partial charge in [0.2, 0.25) is 5.75 Å². The van der Waals surface area contributed by atoms with E-state index >= 15 is 0 Å². The van der Waals surface area contributed by atoms with Crippen LogP contribution in [0.2, 0.25) is 0 Å². The lowest BCUT2D eigenvalue weighted by atomic mass is 10.0. The highest BCUT2D eigenvalue weighted by Crippen LogP contribution is 2.47. The number of hydrogen-bond acceptors (Lipinski definition) is 9. The molecule has 2 N–H and O–H groups in total. The molecule has 0 saturated carbocycles. The fraction of sp³-hybridized carbons (Fsp3) is 0.478. The van der Waals surface area contributed by atoms with Crippen LogP contribution in [0.25, 0.3) is 0 Å². The molecular formula is C23H31NO8S. The van der Waals surface area contributed by atoms with E-state index in [0.717, 1.165) is 23.8 Å². The summed E-state index contributed by atoms with van der Waals surface area (Å²) in [7, 11) is 2.64. The summed E-state index contributed by atoms with van der Waals surface area (Å²) in [5.41, 5.74) is 4.19. The summed E-state index contributed by atoms with van der Waals surface area (Å²) >= 11 is 0. The minimum absolute atomic E-state index is 0.173. The summed E-state index contributed by atoms with van der Waals surface area (Å²) in [4.78, 5) is 0.173. The van der Waals surface area contributed by atoms with Crippen molar-refractivity contribution in [2.24, 2.45) is 0 Å². The Bertz CT molecular complexity index is 1060. The Hall–Kier alpha value is -2.53. The predicted octanol–water partition coefficient (Wildman–Crippen LogP) is 3.24. The minimum Gasteiger partial charge on any atom is -0.496 e. The van der Waals surface area contributed by atoms with Crippen LogP contribution in [-0.4, -0.2) is 54.9 Å². The molecule has 0 unspecified atom stereocenters. The van der Waals surface area contributed by atoms with Crippen LogP contribution < -0.4 is 24.4 Å². The van der Waals surface area contributed by atoms with Crippen LogP contribution in [0.1, 0.15) is 41.7 Å². The third-order valence-corrected chi connectivity index (χ3v) is 6.91. The Morgan fingerprint density at radius 3 is 1.88 bits per heavy atom. The van der Waals surface area contributed by atoms with Crippen LogP contribution in [0.4, 0.5) is 0 Å². The number of benzene rings is 2. The molecule has 0 aromatic heterocycles. The number of nitrogens with one attached hydrogen (secondary N) is 1. The molecule has 0 spiro atoms. The molecule has 1 aliphatic rings. The number of sulfone groups is 1. The summed E-state index contributed by atoms with van der Waals surface area (Å²) in [5.74, 6) is 2.04. The Balaban J connectivity index is 1.95. The summed E-state index contributed by atoms with van der Waals surface area (Å²) in [5, 5.41) is 8.97. The molecule has 0 aliphatic carbocycles. The van der Waals surface area contributed by atoms with Crippen molar-refractivity contribution in [3.8, 4) is 23.0 Å². The van der Waals surface area contributed by atoms with Gasteiger partial charge in [-0.15, -0.1) is 0 Å². The highest BCUT2D eigenvalue weighted by Gasteiger charge is 2.31. The van der Waals surface area contributed by atoms with Gasteiger partial charge in [-0.25, -0.2) is 13.9 Å². The standard InChI is InChI=1S/C23H31NO8S/c1-28-19-10-15(13-22(33(5,26)27)16(19)8-9-24-25)18-7-6-17(32-18)14-11-20(29-2)23(31-4)21(12-14)30-3/h10-13,17-18,24-25H,6-9H2,1-5H3/t17-,18-/m1/s1. The number of hydroxylamine groups is 1. The van der Waals surface area contributed by atoms with Gasteiger partial charge in [-0.2, -0.15) is 0 Å². The van der Waals surface area contributed by atoms with Crippen LogP contribution >= 0.6 is 0 Å². The number of hydrogen-bond donors (Lipinski definition) is 2. The zero-order chi connectivity index (χ0) is 24.2. The minimum atomic E-state index is -3.53. The Kier molecular flexibility index (Phi) is 8.06. The second-order valence-electron chi connectivity index (χ2n) is 7.78. The molecule has 0 bridgehead atoms. The molecule has 3 rings (SSSR count). The molecule has 0 amide bonds. The highest BCUT2D eigenvalue weighted by atomic mass is 32.2. The van der Waals surface area contributed by atoms with Gasteiger partial charge in [0.15, 0.2) is 21.3 Å². The monoisotopic (exact) mass is 481 g/mol. The summed E-state index contributed by atoms with van der Waals surface area (Å²) in [6.45, 7) is 0.196. The zero-order valence-electron chi connectivity index (χ0n) is 19.5. The molecule has 1 saturated heterocycles. The maximum Gasteiger partial charge on any atom is 0.203 e. The number of methoxy groups -OCH3 is 4. The quantitative estimate of drug-likeness (QED) is 0.494. The maximum absolute atomic E-state index is 12.5. The molecule has 1 fully saturated rings. The molecule has 2 aromatic carbocycles. The molecular weight excluding hydrogens is 450 g/mol. The summed E-state index contributed by atoms with van der Waals surface area (Å²) < 4.78 is 53.2. The van der Waals surface area contributed by atoms with Gasteiger partial charge < -0.3 is 28.9 Å². The van der Waals surface area contributed by atoms with Crippen molar-refractivity contribution < 1.29 is 37.3 Å². The normalized spacial score (nSPS) is 18.2. The van der Waals surface area contributed by atoms with Crippen molar-refractivity contribution in [3.05, 3.63) is 41.0 Å². The highest BCUT2D eigenvalue weighted by molar-refractivity contribution is 7.90. The van der Waals surface area contributed by atoms with Crippen LogP contribution in [0, 0.1) is 0 Å². The van der Waals surface area contributed by atoms with Crippen molar-refractivity contribution in [1.82, 2.24) is 5.48 Å². The first-order chi connectivity index (χ1) is 15.8. The van der Waals surface area contributed by atoms with Gasteiger partial charge in [-0.1, -0.05) is 0 Å². The van der Waals surface area contributed by atoms with Gasteiger partial charge in [-0.05, 0) is 54.7 Å². The molecule has 2 atom stereocenters. The van der Waals surface area contributed by atoms with Gasteiger partial charge >= 0.3 is 0 Å². The van der Waals surface area contributed by atoms with Gasteiger partial charge in [0.05, 0.1) is 45.5 Å². The van der Waals surface area contributed by atoms with E-state index in [1.807, 2.05) is 18.2 Å². The lowest BCUT2D eigenvalue weighted by Gasteiger charge is -2.20. The molecule has 33 heavy (non-hydrogen) atoms. The second kappa shape index (κ2) is 10.6. The van der Waals surface area contributed by atoms with Crippen molar-refractivity contribution in [2.75, 3.05) is 41.2 Å². The third kappa shape index (κ3) is 5.35. The maximum atomic E-state index is 12.5. The number of rotatable bonds is 10. The first kappa shape index (κ1) is 25.1. The van der Waals surface area contributed by atoms with Crippen molar-refractivity contribution in [3.63, 3.8) is 0 Å².